The van der Waals surface area contributed by atoms with Gasteiger partial charge in [0.15, 0.2) is 5.16 Å². The van der Waals surface area contributed by atoms with Gasteiger partial charge in [0, 0.05) is 19.6 Å². The van der Waals surface area contributed by atoms with Crippen molar-refractivity contribution in [3.05, 3.63) is 21.8 Å². The summed E-state index contributed by atoms with van der Waals surface area (Å²) in [6.07, 6.45) is 0. The number of thiophene rings is 1. The van der Waals surface area contributed by atoms with Gasteiger partial charge in [0.1, 0.15) is 4.70 Å². The molecule has 5 nitrogen and oxygen atoms in total. The second kappa shape index (κ2) is 7.09. The third-order valence-electron chi connectivity index (χ3n) is 3.29. The number of hydrogen-bond donors (Lipinski definition) is 0. The Hall–Kier alpha value is -1.34. The highest BCUT2D eigenvalue weighted by Gasteiger charge is 2.15. The first-order valence-corrected chi connectivity index (χ1v) is 8.87. The second-order valence-electron chi connectivity index (χ2n) is 4.43. The number of hydrogen-bond acceptors (Lipinski definition) is 5. The molecule has 0 spiro atoms. The van der Waals surface area contributed by atoms with Gasteiger partial charge in [0.2, 0.25) is 5.91 Å². The predicted molar refractivity (Wildman–Crippen MR) is 88.2 cm³/mol. The summed E-state index contributed by atoms with van der Waals surface area (Å²) < 4.78 is 2.32. The first kappa shape index (κ1) is 16.0. The average Bonchev–Trinajstić information content (AvgIpc) is 2.95. The number of carbonyl (C=O) groups excluding carboxylic acids is 1. The van der Waals surface area contributed by atoms with Crippen molar-refractivity contribution in [2.45, 2.75) is 32.5 Å². The Balaban J connectivity index is 2.25. The topological polar surface area (TPSA) is 55.2 Å². The van der Waals surface area contributed by atoms with E-state index in [9.17, 15) is 9.59 Å². The number of amides is 1. The SMILES string of the molecule is CCN(CC)C(=O)CSc1nc2ccsc2c(=O)n1CC. The number of aromatic nitrogens is 2. The molecule has 7 heteroatoms. The molecule has 0 aromatic carbocycles. The van der Waals surface area contributed by atoms with Crippen molar-refractivity contribution in [3.63, 3.8) is 0 Å². The number of rotatable bonds is 6. The van der Waals surface area contributed by atoms with Gasteiger partial charge in [-0.05, 0) is 32.2 Å². The predicted octanol–water partition coefficient (Wildman–Crippen LogP) is 2.44. The van der Waals surface area contributed by atoms with Crippen molar-refractivity contribution in [1.82, 2.24) is 14.5 Å². The molecule has 2 heterocycles. The van der Waals surface area contributed by atoms with Crippen LogP contribution in [0, 0.1) is 0 Å². The minimum Gasteiger partial charge on any atom is -0.343 e. The van der Waals surface area contributed by atoms with Crippen LogP contribution in [0.2, 0.25) is 0 Å². The van der Waals surface area contributed by atoms with Crippen molar-refractivity contribution < 1.29 is 4.79 Å². The molecule has 0 radical (unpaired) electrons. The maximum absolute atomic E-state index is 12.4. The number of thioether (sulfide) groups is 1. The van der Waals surface area contributed by atoms with Gasteiger partial charge in [0.05, 0.1) is 11.3 Å². The molecule has 0 saturated carbocycles. The molecule has 1 amide bonds. The minimum atomic E-state index is -0.0183. The molecule has 0 aliphatic rings. The maximum atomic E-state index is 12.4. The molecule has 0 saturated heterocycles. The zero-order valence-corrected chi connectivity index (χ0v) is 14.1. The van der Waals surface area contributed by atoms with Crippen molar-refractivity contribution in [2.75, 3.05) is 18.8 Å². The van der Waals surface area contributed by atoms with E-state index in [0.29, 0.717) is 40.8 Å². The fraction of sp³-hybridized carbons (Fsp3) is 0.500. The monoisotopic (exact) mass is 325 g/mol. The second-order valence-corrected chi connectivity index (χ2v) is 6.29. The maximum Gasteiger partial charge on any atom is 0.272 e. The fourth-order valence-electron chi connectivity index (χ4n) is 2.11. The highest BCUT2D eigenvalue weighted by atomic mass is 32.2. The average molecular weight is 325 g/mol. The largest absolute Gasteiger partial charge is 0.343 e. The molecule has 0 fully saturated rings. The molecule has 0 aliphatic carbocycles. The minimum absolute atomic E-state index is 0.0183. The van der Waals surface area contributed by atoms with Crippen molar-refractivity contribution in [3.8, 4) is 0 Å². The van der Waals surface area contributed by atoms with Crippen molar-refractivity contribution in [1.29, 1.82) is 0 Å². The van der Waals surface area contributed by atoms with Crippen LogP contribution < -0.4 is 5.56 Å². The Morgan fingerprint density at radius 3 is 2.71 bits per heavy atom. The lowest BCUT2D eigenvalue weighted by atomic mass is 10.4. The Kier molecular flexibility index (Phi) is 5.41. The Morgan fingerprint density at radius 2 is 2.10 bits per heavy atom. The summed E-state index contributed by atoms with van der Waals surface area (Å²) >= 11 is 2.74. The lowest BCUT2D eigenvalue weighted by Crippen LogP contribution is -2.32. The summed E-state index contributed by atoms with van der Waals surface area (Å²) in [6.45, 7) is 7.80. The molecular formula is C14H19N3O2S2. The van der Waals surface area contributed by atoms with E-state index in [1.54, 1.807) is 9.47 Å². The normalized spacial score (nSPS) is 11.0. The highest BCUT2D eigenvalue weighted by molar-refractivity contribution is 7.99. The van der Waals surface area contributed by atoms with Gasteiger partial charge in [-0.25, -0.2) is 4.98 Å². The van der Waals surface area contributed by atoms with Crippen molar-refractivity contribution in [2.24, 2.45) is 0 Å². The zero-order valence-electron chi connectivity index (χ0n) is 12.5. The summed E-state index contributed by atoms with van der Waals surface area (Å²) in [5.41, 5.74) is 0.697. The molecule has 0 bridgehead atoms. The van der Waals surface area contributed by atoms with Crippen LogP contribution in [0.25, 0.3) is 10.2 Å². The van der Waals surface area contributed by atoms with E-state index in [2.05, 4.69) is 4.98 Å². The zero-order chi connectivity index (χ0) is 15.4. The summed E-state index contributed by atoms with van der Waals surface area (Å²) in [5, 5.41) is 2.49. The first-order chi connectivity index (χ1) is 10.1. The van der Waals surface area contributed by atoms with Crippen LogP contribution in [0.4, 0.5) is 0 Å². The van der Waals surface area contributed by atoms with E-state index in [4.69, 9.17) is 0 Å². The molecule has 0 atom stereocenters. The summed E-state index contributed by atoms with van der Waals surface area (Å²) in [4.78, 5) is 30.7. The molecular weight excluding hydrogens is 306 g/mol. The molecule has 2 aromatic heterocycles. The van der Waals surface area contributed by atoms with E-state index in [1.807, 2.05) is 32.2 Å². The third kappa shape index (κ3) is 3.29. The standard InChI is InChI=1S/C14H19N3O2S2/c1-4-16(5-2)11(18)9-21-14-15-10-7-8-20-12(10)13(19)17(14)6-3/h7-8H,4-6,9H2,1-3H3. The lowest BCUT2D eigenvalue weighted by molar-refractivity contribution is -0.127. The fourth-order valence-corrected chi connectivity index (χ4v) is 3.85. The summed E-state index contributed by atoms with van der Waals surface area (Å²) in [6, 6.07) is 1.84. The van der Waals surface area contributed by atoms with Crippen LogP contribution in [-0.2, 0) is 11.3 Å². The Morgan fingerprint density at radius 1 is 1.38 bits per heavy atom. The molecule has 0 N–H and O–H groups in total. The van der Waals surface area contributed by atoms with Gasteiger partial charge in [-0.2, -0.15) is 0 Å². The van der Waals surface area contributed by atoms with E-state index in [0.717, 1.165) is 0 Å². The molecule has 114 valence electrons. The molecule has 2 aromatic rings. The number of nitrogens with zero attached hydrogens (tertiary/aromatic N) is 3. The molecule has 21 heavy (non-hydrogen) atoms. The molecule has 0 unspecified atom stereocenters. The summed E-state index contributed by atoms with van der Waals surface area (Å²) in [5.74, 6) is 0.386. The smallest absolute Gasteiger partial charge is 0.272 e. The van der Waals surface area contributed by atoms with Crippen LogP contribution in [0.3, 0.4) is 0 Å². The number of fused-ring (bicyclic) bond motifs is 1. The van der Waals surface area contributed by atoms with Gasteiger partial charge < -0.3 is 4.90 Å². The number of carbonyl (C=O) groups is 1. The molecule has 2 rings (SSSR count). The van der Waals surface area contributed by atoms with Crippen LogP contribution in [-0.4, -0.2) is 39.2 Å². The quantitative estimate of drug-likeness (QED) is 0.605. The van der Waals surface area contributed by atoms with E-state index in [1.165, 1.54) is 23.1 Å². The van der Waals surface area contributed by atoms with Gasteiger partial charge in [0.25, 0.3) is 5.56 Å². The van der Waals surface area contributed by atoms with E-state index < -0.39 is 0 Å². The highest BCUT2D eigenvalue weighted by Crippen LogP contribution is 2.21. The molecule has 0 aliphatic heterocycles. The first-order valence-electron chi connectivity index (χ1n) is 7.00. The van der Waals surface area contributed by atoms with Gasteiger partial charge in [-0.3, -0.25) is 14.2 Å². The van der Waals surface area contributed by atoms with E-state index in [-0.39, 0.29) is 11.5 Å². The van der Waals surface area contributed by atoms with Gasteiger partial charge >= 0.3 is 0 Å². The van der Waals surface area contributed by atoms with Crippen LogP contribution in [0.15, 0.2) is 21.4 Å². The van der Waals surface area contributed by atoms with E-state index >= 15 is 0 Å². The summed E-state index contributed by atoms with van der Waals surface area (Å²) in [7, 11) is 0. The van der Waals surface area contributed by atoms with Crippen LogP contribution >= 0.6 is 23.1 Å². The third-order valence-corrected chi connectivity index (χ3v) is 5.14. The lowest BCUT2D eigenvalue weighted by Gasteiger charge is -2.18. The Bertz CT molecular complexity index is 689. The van der Waals surface area contributed by atoms with Gasteiger partial charge in [-0.15, -0.1) is 11.3 Å². The van der Waals surface area contributed by atoms with Crippen LogP contribution in [0.5, 0.6) is 0 Å². The van der Waals surface area contributed by atoms with Crippen molar-refractivity contribution >= 4 is 39.2 Å². The van der Waals surface area contributed by atoms with Gasteiger partial charge in [-0.1, -0.05) is 11.8 Å². The Labute approximate surface area is 132 Å². The van der Waals surface area contributed by atoms with Crippen LogP contribution in [0.1, 0.15) is 20.8 Å².